The van der Waals surface area contributed by atoms with Crippen LogP contribution >= 0.6 is 0 Å². The van der Waals surface area contributed by atoms with Crippen LogP contribution < -0.4 is 0 Å². The maximum Gasteiger partial charge on any atom is 0.220 e. The number of aromatic nitrogens is 2. The molecule has 0 atom stereocenters. The Morgan fingerprint density at radius 3 is 2.71 bits per heavy atom. The number of carbonyl (C=O) groups excluding carboxylic acids is 1. The number of allylic oxidation sites excluding steroid dienone is 2. The van der Waals surface area contributed by atoms with Crippen LogP contribution in [0.5, 0.6) is 0 Å². The van der Waals surface area contributed by atoms with Gasteiger partial charge < -0.3 is 4.57 Å². The van der Waals surface area contributed by atoms with Crippen molar-refractivity contribution in [2.75, 3.05) is 0 Å². The molecule has 1 aromatic rings. The average Bonchev–Trinajstić information content (AvgIpc) is 2.47. The molecule has 0 radical (unpaired) electrons. The summed E-state index contributed by atoms with van der Waals surface area (Å²) >= 11 is 0. The van der Waals surface area contributed by atoms with Gasteiger partial charge in [0, 0.05) is 19.4 Å². The van der Waals surface area contributed by atoms with Crippen LogP contribution in [0.25, 0.3) is 0 Å². The molecular formula is C11H16N2O. The maximum atomic E-state index is 11.8. The van der Waals surface area contributed by atoms with Crippen LogP contribution in [0.1, 0.15) is 32.8 Å². The molecule has 0 aromatic carbocycles. The standard InChI is InChI=1S/C11H16N2O/c1-11(2,3)6-5-9(14)10-12-7-8-13(10)4/h5-8H,1-4H3/b6-5+/i5D. The van der Waals surface area contributed by atoms with E-state index in [1.807, 2.05) is 20.8 Å². The topological polar surface area (TPSA) is 34.9 Å². The van der Waals surface area contributed by atoms with Crippen molar-refractivity contribution in [3.63, 3.8) is 0 Å². The minimum atomic E-state index is -0.336. The molecule has 3 nitrogen and oxygen atoms in total. The molecule has 0 aliphatic rings. The predicted molar refractivity (Wildman–Crippen MR) is 56.1 cm³/mol. The van der Waals surface area contributed by atoms with Crippen molar-refractivity contribution in [1.29, 1.82) is 0 Å². The number of ketones is 1. The number of nitrogens with zero attached hydrogens (tertiary/aromatic N) is 2. The van der Waals surface area contributed by atoms with Crippen molar-refractivity contribution >= 4 is 5.78 Å². The zero-order chi connectivity index (χ0) is 11.6. The Morgan fingerprint density at radius 2 is 2.29 bits per heavy atom. The molecule has 3 heteroatoms. The summed E-state index contributed by atoms with van der Waals surface area (Å²) in [5.74, 6) is -0.0297. The first-order valence-corrected chi connectivity index (χ1v) is 4.53. The van der Waals surface area contributed by atoms with E-state index in [0.717, 1.165) is 0 Å². The number of aryl methyl sites for hydroxylation is 1. The van der Waals surface area contributed by atoms with Crippen LogP contribution in [0.3, 0.4) is 0 Å². The summed E-state index contributed by atoms with van der Waals surface area (Å²) in [6, 6.07) is -0.00296. The van der Waals surface area contributed by atoms with E-state index in [4.69, 9.17) is 1.37 Å². The lowest BCUT2D eigenvalue weighted by atomic mass is 9.96. The van der Waals surface area contributed by atoms with Crippen molar-refractivity contribution < 1.29 is 6.17 Å². The summed E-state index contributed by atoms with van der Waals surface area (Å²) in [6.07, 6.45) is 4.89. The Bertz CT molecular complexity index is 399. The summed E-state index contributed by atoms with van der Waals surface area (Å²) in [5, 5.41) is 0. The lowest BCUT2D eigenvalue weighted by Crippen LogP contribution is -2.06. The highest BCUT2D eigenvalue weighted by Crippen LogP contribution is 2.14. The smallest absolute Gasteiger partial charge is 0.220 e. The maximum absolute atomic E-state index is 11.8. The van der Waals surface area contributed by atoms with Gasteiger partial charge in [-0.15, -0.1) is 0 Å². The van der Waals surface area contributed by atoms with E-state index in [1.54, 1.807) is 30.1 Å². The molecule has 0 N–H and O–H groups in total. The molecule has 0 unspecified atom stereocenters. The molecule has 0 saturated heterocycles. The monoisotopic (exact) mass is 193 g/mol. The van der Waals surface area contributed by atoms with E-state index < -0.39 is 0 Å². The molecule has 1 heterocycles. The molecule has 0 spiro atoms. The van der Waals surface area contributed by atoms with E-state index >= 15 is 0 Å². The summed E-state index contributed by atoms with van der Waals surface area (Å²) in [4.78, 5) is 15.7. The summed E-state index contributed by atoms with van der Waals surface area (Å²) < 4.78 is 9.28. The van der Waals surface area contributed by atoms with Crippen LogP contribution in [0, 0.1) is 5.41 Å². The molecule has 0 saturated carbocycles. The van der Waals surface area contributed by atoms with E-state index in [9.17, 15) is 4.79 Å². The number of carbonyl (C=O) groups is 1. The van der Waals surface area contributed by atoms with Crippen LogP contribution in [-0.2, 0) is 7.05 Å². The van der Waals surface area contributed by atoms with Crippen LogP contribution in [0.4, 0.5) is 0 Å². The van der Waals surface area contributed by atoms with E-state index in [0.29, 0.717) is 5.82 Å². The molecule has 0 amide bonds. The van der Waals surface area contributed by atoms with Gasteiger partial charge in [-0.1, -0.05) is 26.8 Å². The number of rotatable bonds is 2. The molecule has 0 aliphatic heterocycles. The van der Waals surface area contributed by atoms with Crippen LogP contribution in [0.15, 0.2) is 24.5 Å². The van der Waals surface area contributed by atoms with Crippen LogP contribution in [-0.4, -0.2) is 15.3 Å². The van der Waals surface area contributed by atoms with Gasteiger partial charge in [0.15, 0.2) is 5.82 Å². The van der Waals surface area contributed by atoms with E-state index in [2.05, 4.69) is 4.98 Å². The third kappa shape index (κ3) is 2.83. The highest BCUT2D eigenvalue weighted by Gasteiger charge is 2.09. The second kappa shape index (κ2) is 3.78. The molecule has 1 rings (SSSR count). The Kier molecular flexibility index (Phi) is 2.48. The molecular weight excluding hydrogens is 176 g/mol. The molecule has 0 fully saturated rings. The molecule has 76 valence electrons. The zero-order valence-electron chi connectivity index (χ0n) is 10.0. The second-order valence-corrected chi connectivity index (χ2v) is 4.35. The van der Waals surface area contributed by atoms with Gasteiger partial charge in [0.05, 0.1) is 1.37 Å². The lowest BCUT2D eigenvalue weighted by Gasteiger charge is -2.10. The lowest BCUT2D eigenvalue weighted by molar-refractivity contribution is 0.103. The Balaban J connectivity index is 2.97. The largest absolute Gasteiger partial charge is 0.331 e. The third-order valence-corrected chi connectivity index (χ3v) is 1.66. The van der Waals surface area contributed by atoms with E-state index in [1.165, 1.54) is 0 Å². The molecule has 14 heavy (non-hydrogen) atoms. The normalized spacial score (nSPS) is 14.0. The first-order valence-electron chi connectivity index (χ1n) is 5.03. The van der Waals surface area contributed by atoms with Gasteiger partial charge in [-0.25, -0.2) is 4.98 Å². The first kappa shape index (κ1) is 9.19. The summed E-state index contributed by atoms with van der Waals surface area (Å²) in [7, 11) is 1.74. The number of hydrogen-bond donors (Lipinski definition) is 0. The van der Waals surface area contributed by atoms with Gasteiger partial charge >= 0.3 is 0 Å². The first-order chi connectivity index (χ1) is 6.81. The van der Waals surface area contributed by atoms with Gasteiger partial charge in [0.25, 0.3) is 0 Å². The molecule has 0 aliphatic carbocycles. The molecule has 1 aromatic heterocycles. The van der Waals surface area contributed by atoms with Gasteiger partial charge in [-0.3, -0.25) is 4.79 Å². The third-order valence-electron chi connectivity index (χ3n) is 1.66. The van der Waals surface area contributed by atoms with Crippen LogP contribution in [0.2, 0.25) is 0 Å². The Morgan fingerprint density at radius 1 is 1.64 bits per heavy atom. The number of imidazole rings is 1. The van der Waals surface area contributed by atoms with E-state index in [-0.39, 0.29) is 17.3 Å². The van der Waals surface area contributed by atoms with Gasteiger partial charge in [0.1, 0.15) is 0 Å². The van der Waals surface area contributed by atoms with Crippen molar-refractivity contribution in [2.24, 2.45) is 12.5 Å². The SMILES string of the molecule is [2H]/C(=C\C(C)(C)C)C(=O)c1nccn1C. The van der Waals surface area contributed by atoms with Gasteiger partial charge in [-0.2, -0.15) is 0 Å². The Labute approximate surface area is 85.9 Å². The minimum absolute atomic E-state index is 0.00296. The van der Waals surface area contributed by atoms with Crippen molar-refractivity contribution in [1.82, 2.24) is 9.55 Å². The van der Waals surface area contributed by atoms with Gasteiger partial charge in [-0.05, 0) is 11.5 Å². The fraction of sp³-hybridized carbons (Fsp3) is 0.455. The van der Waals surface area contributed by atoms with Crippen molar-refractivity contribution in [3.05, 3.63) is 30.3 Å². The Hall–Kier alpha value is -1.38. The quantitative estimate of drug-likeness (QED) is 0.533. The fourth-order valence-corrected chi connectivity index (χ4v) is 0.931. The van der Waals surface area contributed by atoms with Crippen molar-refractivity contribution in [3.8, 4) is 0 Å². The van der Waals surface area contributed by atoms with Gasteiger partial charge in [0.2, 0.25) is 5.78 Å². The average molecular weight is 193 g/mol. The summed E-state index contributed by atoms with van der Waals surface area (Å²) in [5.41, 5.74) is -0.169. The highest BCUT2D eigenvalue weighted by atomic mass is 16.1. The predicted octanol–water partition coefficient (Wildman–Crippen LogP) is 2.21. The minimum Gasteiger partial charge on any atom is -0.331 e. The summed E-state index contributed by atoms with van der Waals surface area (Å²) in [6.45, 7) is 5.85. The van der Waals surface area contributed by atoms with Crippen molar-refractivity contribution in [2.45, 2.75) is 20.8 Å². The fourth-order valence-electron chi connectivity index (χ4n) is 0.931. The second-order valence-electron chi connectivity index (χ2n) is 4.35. The number of hydrogen-bond acceptors (Lipinski definition) is 2. The zero-order valence-corrected chi connectivity index (χ0v) is 9.03. The molecule has 0 bridgehead atoms. The highest BCUT2D eigenvalue weighted by molar-refractivity contribution is 6.01.